The number of nitrogens with one attached hydrogen (secondary N) is 1. The highest BCUT2D eigenvalue weighted by molar-refractivity contribution is 5.32. The minimum Gasteiger partial charge on any atom is -0.373 e. The maximum atomic E-state index is 12.9. The van der Waals surface area contributed by atoms with Gasteiger partial charge in [-0.2, -0.15) is 0 Å². The second-order valence-corrected chi connectivity index (χ2v) is 6.30. The fourth-order valence-electron chi connectivity index (χ4n) is 3.12. The fourth-order valence-corrected chi connectivity index (χ4v) is 3.12. The molecule has 1 fully saturated rings. The van der Waals surface area contributed by atoms with Crippen LogP contribution in [0.3, 0.4) is 0 Å². The third-order valence-electron chi connectivity index (χ3n) is 4.06. The van der Waals surface area contributed by atoms with Gasteiger partial charge in [-0.05, 0) is 25.0 Å². The number of rotatable bonds is 5. The van der Waals surface area contributed by atoms with E-state index >= 15 is 0 Å². The van der Waals surface area contributed by atoms with Crippen molar-refractivity contribution in [2.24, 2.45) is 0 Å². The molecule has 2 heterocycles. The van der Waals surface area contributed by atoms with Gasteiger partial charge in [0.15, 0.2) is 5.82 Å². The van der Waals surface area contributed by atoms with Gasteiger partial charge in [0, 0.05) is 26.2 Å². The van der Waals surface area contributed by atoms with E-state index in [2.05, 4.69) is 52.2 Å². The van der Waals surface area contributed by atoms with Crippen molar-refractivity contribution in [3.05, 3.63) is 53.6 Å². The lowest BCUT2D eigenvalue weighted by molar-refractivity contribution is -0.0705. The molecule has 128 valence electrons. The van der Waals surface area contributed by atoms with Crippen molar-refractivity contribution in [2.75, 3.05) is 18.4 Å². The van der Waals surface area contributed by atoms with Crippen LogP contribution in [0, 0.1) is 5.82 Å². The first-order chi connectivity index (χ1) is 11.6. The molecule has 0 saturated carbocycles. The molecule has 1 saturated heterocycles. The van der Waals surface area contributed by atoms with Crippen LogP contribution < -0.4 is 5.32 Å². The van der Waals surface area contributed by atoms with Gasteiger partial charge in [-0.1, -0.05) is 24.3 Å². The zero-order chi connectivity index (χ0) is 16.9. The Balaban J connectivity index is 1.65. The van der Waals surface area contributed by atoms with Crippen molar-refractivity contribution in [1.29, 1.82) is 0 Å². The summed E-state index contributed by atoms with van der Waals surface area (Å²) in [5.74, 6) is -0.00340. The minimum absolute atomic E-state index is 0.256. The van der Waals surface area contributed by atoms with Crippen molar-refractivity contribution in [3.63, 3.8) is 0 Å². The van der Waals surface area contributed by atoms with Crippen molar-refractivity contribution in [2.45, 2.75) is 39.1 Å². The maximum absolute atomic E-state index is 12.9. The largest absolute Gasteiger partial charge is 0.373 e. The molecule has 0 radical (unpaired) electrons. The van der Waals surface area contributed by atoms with E-state index in [1.54, 1.807) is 0 Å². The molecular formula is C18H23FN4O. The van der Waals surface area contributed by atoms with Gasteiger partial charge < -0.3 is 10.1 Å². The van der Waals surface area contributed by atoms with E-state index in [1.807, 2.05) is 6.07 Å². The number of nitrogens with zero attached hydrogens (tertiary/aromatic N) is 3. The Morgan fingerprint density at radius 2 is 1.75 bits per heavy atom. The average molecular weight is 330 g/mol. The second kappa shape index (κ2) is 7.68. The molecule has 0 bridgehead atoms. The van der Waals surface area contributed by atoms with Crippen LogP contribution in [0.25, 0.3) is 0 Å². The van der Waals surface area contributed by atoms with Crippen LogP contribution in [0.4, 0.5) is 10.3 Å². The van der Waals surface area contributed by atoms with Gasteiger partial charge >= 0.3 is 0 Å². The summed E-state index contributed by atoms with van der Waals surface area (Å²) in [5.41, 5.74) is 2.46. The molecule has 3 rings (SSSR count). The van der Waals surface area contributed by atoms with E-state index in [1.165, 1.54) is 11.1 Å². The fraction of sp³-hybridized carbons (Fsp3) is 0.444. The molecule has 0 spiro atoms. The van der Waals surface area contributed by atoms with Crippen molar-refractivity contribution in [1.82, 2.24) is 14.9 Å². The van der Waals surface area contributed by atoms with Crippen LogP contribution in [0.1, 0.15) is 25.0 Å². The summed E-state index contributed by atoms with van der Waals surface area (Å²) < 4.78 is 18.7. The molecule has 1 N–H and O–H groups in total. The molecule has 1 aromatic heterocycles. The van der Waals surface area contributed by atoms with Gasteiger partial charge in [0.2, 0.25) is 5.95 Å². The van der Waals surface area contributed by atoms with Crippen LogP contribution >= 0.6 is 0 Å². The molecule has 0 amide bonds. The van der Waals surface area contributed by atoms with Crippen LogP contribution in [0.5, 0.6) is 0 Å². The SMILES string of the molecule is C[C@@H]1CN(Cc2ccccc2CNc2ncc(F)cn2)C[C@@H](C)O1. The molecule has 1 aliphatic heterocycles. The highest BCUT2D eigenvalue weighted by Crippen LogP contribution is 2.17. The van der Waals surface area contributed by atoms with Crippen molar-refractivity contribution < 1.29 is 9.13 Å². The Hall–Kier alpha value is -2.05. The standard InChI is InChI=1S/C18H23FN4O/c1-13-10-23(11-14(2)24-13)12-16-6-4-3-5-15(16)7-20-18-21-8-17(19)9-22-18/h3-6,8-9,13-14H,7,10-12H2,1-2H3,(H,20,21,22)/t13-,14-/m1/s1. The lowest BCUT2D eigenvalue weighted by Gasteiger charge is -2.35. The van der Waals surface area contributed by atoms with Crippen LogP contribution in [-0.2, 0) is 17.8 Å². The number of hydrogen-bond donors (Lipinski definition) is 1. The van der Waals surface area contributed by atoms with Gasteiger partial charge in [0.25, 0.3) is 0 Å². The number of hydrogen-bond acceptors (Lipinski definition) is 5. The van der Waals surface area contributed by atoms with E-state index in [0.29, 0.717) is 12.5 Å². The Kier molecular flexibility index (Phi) is 5.37. The Morgan fingerprint density at radius 3 is 2.42 bits per heavy atom. The summed E-state index contributed by atoms with van der Waals surface area (Å²) in [7, 11) is 0. The third kappa shape index (κ3) is 4.49. The first-order valence-corrected chi connectivity index (χ1v) is 8.26. The molecule has 1 aromatic carbocycles. The van der Waals surface area contributed by atoms with Crippen molar-refractivity contribution >= 4 is 5.95 Å². The van der Waals surface area contributed by atoms with Crippen LogP contribution in [0.15, 0.2) is 36.7 Å². The number of anilines is 1. The molecule has 6 heteroatoms. The van der Waals surface area contributed by atoms with E-state index in [4.69, 9.17) is 4.74 Å². The number of ether oxygens (including phenoxy) is 1. The topological polar surface area (TPSA) is 50.3 Å². The third-order valence-corrected chi connectivity index (χ3v) is 4.06. The smallest absolute Gasteiger partial charge is 0.223 e. The molecule has 1 aliphatic rings. The predicted octanol–water partition coefficient (Wildman–Crippen LogP) is 2.84. The maximum Gasteiger partial charge on any atom is 0.223 e. The first kappa shape index (κ1) is 16.8. The van der Waals surface area contributed by atoms with Gasteiger partial charge in [-0.15, -0.1) is 0 Å². The molecule has 2 atom stereocenters. The monoisotopic (exact) mass is 330 g/mol. The molecular weight excluding hydrogens is 307 g/mol. The zero-order valence-electron chi connectivity index (χ0n) is 14.1. The van der Waals surface area contributed by atoms with Gasteiger partial charge in [0.05, 0.1) is 24.6 Å². The number of aromatic nitrogens is 2. The van der Waals surface area contributed by atoms with Crippen molar-refractivity contribution in [3.8, 4) is 0 Å². The zero-order valence-corrected chi connectivity index (χ0v) is 14.1. The van der Waals surface area contributed by atoms with Gasteiger partial charge in [0.1, 0.15) is 0 Å². The summed E-state index contributed by atoms with van der Waals surface area (Å²) in [6.45, 7) is 7.60. The van der Waals surface area contributed by atoms with E-state index in [-0.39, 0.29) is 12.2 Å². The predicted molar refractivity (Wildman–Crippen MR) is 91.0 cm³/mol. The summed E-state index contributed by atoms with van der Waals surface area (Å²) in [5, 5.41) is 3.15. The second-order valence-electron chi connectivity index (χ2n) is 6.30. The van der Waals surface area contributed by atoms with Crippen LogP contribution in [-0.4, -0.2) is 40.2 Å². The summed E-state index contributed by atoms with van der Waals surface area (Å²) in [6, 6.07) is 8.32. The Labute approximate surface area is 141 Å². The molecule has 2 aromatic rings. The lowest BCUT2D eigenvalue weighted by Crippen LogP contribution is -2.44. The van der Waals surface area contributed by atoms with Gasteiger partial charge in [-0.3, -0.25) is 4.90 Å². The van der Waals surface area contributed by atoms with E-state index in [9.17, 15) is 4.39 Å². The summed E-state index contributed by atoms with van der Waals surface area (Å²) in [4.78, 5) is 10.3. The first-order valence-electron chi connectivity index (χ1n) is 8.26. The van der Waals surface area contributed by atoms with E-state index in [0.717, 1.165) is 32.0 Å². The summed E-state index contributed by atoms with van der Waals surface area (Å²) in [6.07, 6.45) is 2.84. The number of benzene rings is 1. The highest BCUT2D eigenvalue weighted by Gasteiger charge is 2.22. The summed E-state index contributed by atoms with van der Waals surface area (Å²) >= 11 is 0. The minimum atomic E-state index is -0.434. The molecule has 0 aliphatic carbocycles. The molecule has 5 nitrogen and oxygen atoms in total. The number of halogens is 1. The van der Waals surface area contributed by atoms with E-state index < -0.39 is 5.82 Å². The molecule has 24 heavy (non-hydrogen) atoms. The average Bonchev–Trinajstić information content (AvgIpc) is 2.54. The lowest BCUT2D eigenvalue weighted by atomic mass is 10.1. The number of morpholine rings is 1. The van der Waals surface area contributed by atoms with Crippen LogP contribution in [0.2, 0.25) is 0 Å². The molecule has 0 unspecified atom stereocenters. The van der Waals surface area contributed by atoms with Gasteiger partial charge in [-0.25, -0.2) is 14.4 Å². The Bertz CT molecular complexity index is 654. The Morgan fingerprint density at radius 1 is 1.12 bits per heavy atom. The quantitative estimate of drug-likeness (QED) is 0.913. The highest BCUT2D eigenvalue weighted by atomic mass is 19.1. The normalized spacial score (nSPS) is 21.6.